The van der Waals surface area contributed by atoms with Crippen LogP contribution in [0.4, 0.5) is 13.2 Å². The minimum absolute atomic E-state index is 0.0848. The van der Waals surface area contributed by atoms with Crippen molar-refractivity contribution in [3.05, 3.63) is 47.1 Å². The van der Waals surface area contributed by atoms with Crippen molar-refractivity contribution < 1.29 is 22.5 Å². The normalized spacial score (nSPS) is 19.3. The number of rotatable bonds is 3. The van der Waals surface area contributed by atoms with E-state index in [1.807, 2.05) is 0 Å². The highest BCUT2D eigenvalue weighted by Crippen LogP contribution is 2.37. The molecule has 128 valence electrons. The van der Waals surface area contributed by atoms with Crippen LogP contribution in [0, 0.1) is 6.92 Å². The second-order valence-corrected chi connectivity index (χ2v) is 5.48. The molecule has 2 aromatic rings. The molecule has 24 heavy (non-hydrogen) atoms. The van der Waals surface area contributed by atoms with Gasteiger partial charge in [0.25, 0.3) is 0 Å². The lowest BCUT2D eigenvalue weighted by Crippen LogP contribution is -2.50. The molecule has 1 aliphatic rings. The third kappa shape index (κ3) is 3.25. The Hall–Kier alpha value is -2.42. The molecule has 0 radical (unpaired) electrons. The molecule has 0 saturated carbocycles. The summed E-state index contributed by atoms with van der Waals surface area (Å²) in [6, 6.07) is 4.03. The summed E-state index contributed by atoms with van der Waals surface area (Å²) in [5, 5.41) is 6.28. The van der Waals surface area contributed by atoms with Crippen molar-refractivity contribution >= 4 is 5.91 Å². The Kier molecular flexibility index (Phi) is 4.27. The van der Waals surface area contributed by atoms with Crippen molar-refractivity contribution in [3.63, 3.8) is 0 Å². The molecule has 1 fully saturated rings. The minimum Gasteiger partial charge on any atom is -0.353 e. The number of halogens is 3. The molecule has 1 unspecified atom stereocenters. The van der Waals surface area contributed by atoms with Gasteiger partial charge >= 0.3 is 6.18 Å². The average molecular weight is 340 g/mol. The van der Waals surface area contributed by atoms with Gasteiger partial charge in [-0.15, -0.1) is 0 Å². The van der Waals surface area contributed by atoms with Crippen molar-refractivity contribution in [3.8, 4) is 0 Å². The van der Waals surface area contributed by atoms with E-state index in [-0.39, 0.29) is 18.0 Å². The van der Waals surface area contributed by atoms with Gasteiger partial charge in [0.1, 0.15) is 6.04 Å². The molecular weight excluding hydrogens is 325 g/mol. The molecule has 1 atom stereocenters. The van der Waals surface area contributed by atoms with Crippen molar-refractivity contribution in [2.24, 2.45) is 0 Å². The number of carbonyl (C=O) groups is 1. The number of amides is 1. The summed E-state index contributed by atoms with van der Waals surface area (Å²) in [4.78, 5) is 18.0. The molecule has 1 aromatic carbocycles. The van der Waals surface area contributed by atoms with Crippen LogP contribution in [0.1, 0.15) is 28.9 Å². The number of alkyl halides is 3. The van der Waals surface area contributed by atoms with Gasteiger partial charge in [0.05, 0.1) is 12.1 Å². The highest BCUT2D eigenvalue weighted by molar-refractivity contribution is 5.84. The quantitative estimate of drug-likeness (QED) is 0.926. The maximum atomic E-state index is 13.3. The van der Waals surface area contributed by atoms with Gasteiger partial charge in [0, 0.05) is 13.1 Å². The van der Waals surface area contributed by atoms with Crippen LogP contribution in [0.3, 0.4) is 0 Å². The summed E-state index contributed by atoms with van der Waals surface area (Å²) in [6.07, 6.45) is -4.54. The second-order valence-electron chi connectivity index (χ2n) is 5.48. The van der Waals surface area contributed by atoms with Crippen molar-refractivity contribution in [2.75, 3.05) is 13.1 Å². The van der Waals surface area contributed by atoms with Crippen molar-refractivity contribution in [1.29, 1.82) is 0 Å². The Bertz CT molecular complexity index is 744. The predicted octanol–water partition coefficient (Wildman–Crippen LogP) is 2.07. The monoisotopic (exact) mass is 340 g/mol. The van der Waals surface area contributed by atoms with E-state index in [0.29, 0.717) is 18.9 Å². The Morgan fingerprint density at radius 1 is 1.38 bits per heavy atom. The molecule has 0 bridgehead atoms. The number of aryl methyl sites for hydroxylation is 1. The standard InChI is InChI=1S/C15H15F3N4O2/c1-9-20-12(24-21-9)8-22-7-6-19-14(23)13(22)10-4-2-3-5-11(10)15(16,17)18/h2-5,13H,6-8H2,1H3,(H,19,23). The van der Waals surface area contributed by atoms with Crippen LogP contribution >= 0.6 is 0 Å². The zero-order valence-corrected chi connectivity index (χ0v) is 12.8. The third-order valence-electron chi connectivity index (χ3n) is 3.78. The fourth-order valence-corrected chi connectivity index (χ4v) is 2.79. The van der Waals surface area contributed by atoms with Crippen molar-refractivity contribution in [2.45, 2.75) is 25.7 Å². The molecule has 3 rings (SSSR count). The van der Waals surface area contributed by atoms with Gasteiger partial charge in [-0.05, 0) is 18.6 Å². The van der Waals surface area contributed by atoms with E-state index in [1.54, 1.807) is 11.8 Å². The highest BCUT2D eigenvalue weighted by Gasteiger charge is 2.40. The van der Waals surface area contributed by atoms with Gasteiger partial charge in [0.15, 0.2) is 5.82 Å². The van der Waals surface area contributed by atoms with Gasteiger partial charge in [-0.1, -0.05) is 23.4 Å². The number of benzene rings is 1. The van der Waals surface area contributed by atoms with E-state index in [4.69, 9.17) is 4.52 Å². The first-order valence-corrected chi connectivity index (χ1v) is 7.33. The van der Waals surface area contributed by atoms with Crippen LogP contribution in [0.5, 0.6) is 0 Å². The highest BCUT2D eigenvalue weighted by atomic mass is 19.4. The molecular formula is C15H15F3N4O2. The summed E-state index contributed by atoms with van der Waals surface area (Å²) in [6.45, 7) is 2.47. The first-order valence-electron chi connectivity index (χ1n) is 7.33. The number of piperazine rings is 1. The summed E-state index contributed by atoms with van der Waals surface area (Å²) >= 11 is 0. The van der Waals surface area contributed by atoms with E-state index in [0.717, 1.165) is 6.07 Å². The maximum absolute atomic E-state index is 13.3. The van der Waals surface area contributed by atoms with Crippen LogP contribution in [0.15, 0.2) is 28.8 Å². The molecule has 1 amide bonds. The Balaban J connectivity index is 1.97. The number of carbonyl (C=O) groups excluding carboxylic acids is 1. The summed E-state index contributed by atoms with van der Waals surface area (Å²) in [5.41, 5.74) is -0.905. The lowest BCUT2D eigenvalue weighted by molar-refractivity contribution is -0.140. The van der Waals surface area contributed by atoms with E-state index in [1.165, 1.54) is 18.2 Å². The summed E-state index contributed by atoms with van der Waals surface area (Å²) < 4.78 is 44.9. The number of aromatic nitrogens is 2. The second kappa shape index (κ2) is 6.23. The van der Waals surface area contributed by atoms with Gasteiger partial charge in [-0.2, -0.15) is 18.2 Å². The largest absolute Gasteiger partial charge is 0.416 e. The zero-order chi connectivity index (χ0) is 17.3. The maximum Gasteiger partial charge on any atom is 0.416 e. The van der Waals surface area contributed by atoms with Gasteiger partial charge in [-0.25, -0.2) is 0 Å². The van der Waals surface area contributed by atoms with Crippen LogP contribution in [0.25, 0.3) is 0 Å². The summed E-state index contributed by atoms with van der Waals surface area (Å²) in [7, 11) is 0. The number of hydrogen-bond donors (Lipinski definition) is 1. The van der Waals surface area contributed by atoms with Gasteiger partial charge in [-0.3, -0.25) is 9.69 Å². The fourth-order valence-electron chi connectivity index (χ4n) is 2.79. The Morgan fingerprint density at radius 3 is 2.79 bits per heavy atom. The summed E-state index contributed by atoms with van der Waals surface area (Å²) in [5.74, 6) is 0.213. The van der Waals surface area contributed by atoms with Gasteiger partial charge < -0.3 is 9.84 Å². The minimum atomic E-state index is -4.54. The molecule has 2 heterocycles. The molecule has 1 N–H and O–H groups in total. The topological polar surface area (TPSA) is 71.3 Å². The first kappa shape index (κ1) is 16.4. The van der Waals surface area contributed by atoms with E-state index < -0.39 is 23.7 Å². The molecule has 0 aliphatic carbocycles. The van der Waals surface area contributed by atoms with Crippen molar-refractivity contribution in [1.82, 2.24) is 20.4 Å². The first-order chi connectivity index (χ1) is 11.4. The molecule has 1 saturated heterocycles. The SMILES string of the molecule is Cc1noc(CN2CCNC(=O)C2c2ccccc2C(F)(F)F)n1. The van der Waals surface area contributed by atoms with Crippen LogP contribution in [0.2, 0.25) is 0 Å². The fraction of sp³-hybridized carbons (Fsp3) is 0.400. The lowest BCUT2D eigenvalue weighted by atomic mass is 9.96. The number of hydrogen-bond acceptors (Lipinski definition) is 5. The number of nitrogens with one attached hydrogen (secondary N) is 1. The average Bonchev–Trinajstić information content (AvgIpc) is 2.92. The predicted molar refractivity (Wildman–Crippen MR) is 76.6 cm³/mol. The van der Waals surface area contributed by atoms with Crippen LogP contribution in [-0.4, -0.2) is 34.0 Å². The molecule has 1 aromatic heterocycles. The van der Waals surface area contributed by atoms with Gasteiger partial charge in [0.2, 0.25) is 11.8 Å². The smallest absolute Gasteiger partial charge is 0.353 e. The molecule has 1 aliphatic heterocycles. The zero-order valence-electron chi connectivity index (χ0n) is 12.8. The van der Waals surface area contributed by atoms with Crippen LogP contribution in [-0.2, 0) is 17.5 Å². The van der Waals surface area contributed by atoms with E-state index in [9.17, 15) is 18.0 Å². The van der Waals surface area contributed by atoms with E-state index in [2.05, 4.69) is 15.5 Å². The molecule has 6 nitrogen and oxygen atoms in total. The Morgan fingerprint density at radius 2 is 2.12 bits per heavy atom. The lowest BCUT2D eigenvalue weighted by Gasteiger charge is -2.35. The van der Waals surface area contributed by atoms with Crippen LogP contribution < -0.4 is 5.32 Å². The third-order valence-corrected chi connectivity index (χ3v) is 3.78. The molecule has 9 heteroatoms. The molecule has 0 spiro atoms. The number of nitrogens with zero attached hydrogens (tertiary/aromatic N) is 3. The Labute approximate surface area is 135 Å². The van der Waals surface area contributed by atoms with E-state index >= 15 is 0 Å².